The Morgan fingerprint density at radius 1 is 1.17 bits per heavy atom. The van der Waals surface area contributed by atoms with Crippen LogP contribution in [0.15, 0.2) is 36.5 Å². The summed E-state index contributed by atoms with van der Waals surface area (Å²) in [5, 5.41) is 2.91. The lowest BCUT2D eigenvalue weighted by Crippen LogP contribution is -2.59. The van der Waals surface area contributed by atoms with Gasteiger partial charge in [0.05, 0.1) is 18.2 Å². The quantitative estimate of drug-likeness (QED) is 0.802. The standard InChI is InChI=1S/C22H25N3O4/c1-15-11-18(20(26)24-17-5-3-16(4-6-17)21(27)28-2)19(23-12-15)25-13-22(14-25)7-9-29-10-8-22/h3-6,11-12H,7-10,13-14H2,1-2H3,(H,24,26). The number of amides is 1. The maximum Gasteiger partial charge on any atom is 0.337 e. The van der Waals surface area contributed by atoms with Gasteiger partial charge in [-0.05, 0) is 55.7 Å². The van der Waals surface area contributed by atoms with Crippen molar-refractivity contribution in [3.8, 4) is 0 Å². The van der Waals surface area contributed by atoms with Crippen LogP contribution < -0.4 is 10.2 Å². The van der Waals surface area contributed by atoms with Crippen LogP contribution in [0, 0.1) is 12.3 Å². The van der Waals surface area contributed by atoms with E-state index < -0.39 is 5.97 Å². The Labute approximate surface area is 170 Å². The molecule has 152 valence electrons. The molecule has 3 heterocycles. The number of aryl methyl sites for hydroxylation is 1. The SMILES string of the molecule is COC(=O)c1ccc(NC(=O)c2cc(C)cnc2N2CC3(CCOCC3)C2)cc1. The molecule has 29 heavy (non-hydrogen) atoms. The van der Waals surface area contributed by atoms with Gasteiger partial charge in [0.1, 0.15) is 5.82 Å². The van der Waals surface area contributed by atoms with Crippen LogP contribution in [0.5, 0.6) is 0 Å². The van der Waals surface area contributed by atoms with Gasteiger partial charge in [0.15, 0.2) is 0 Å². The molecule has 2 fully saturated rings. The van der Waals surface area contributed by atoms with Crippen LogP contribution in [0.4, 0.5) is 11.5 Å². The van der Waals surface area contributed by atoms with E-state index in [1.807, 2.05) is 13.0 Å². The van der Waals surface area contributed by atoms with E-state index in [1.54, 1.807) is 30.5 Å². The molecule has 1 spiro atoms. The zero-order chi connectivity index (χ0) is 20.4. The molecule has 2 saturated heterocycles. The van der Waals surface area contributed by atoms with Crippen molar-refractivity contribution < 1.29 is 19.1 Å². The van der Waals surface area contributed by atoms with Gasteiger partial charge in [0, 0.05) is 43.6 Å². The topological polar surface area (TPSA) is 80.8 Å². The van der Waals surface area contributed by atoms with Gasteiger partial charge in [-0.15, -0.1) is 0 Å². The summed E-state index contributed by atoms with van der Waals surface area (Å²) in [6.07, 6.45) is 3.92. The average Bonchev–Trinajstić information content (AvgIpc) is 2.72. The van der Waals surface area contributed by atoms with Gasteiger partial charge in [-0.2, -0.15) is 0 Å². The van der Waals surface area contributed by atoms with Crippen LogP contribution in [0.1, 0.15) is 39.1 Å². The molecule has 7 heteroatoms. The van der Waals surface area contributed by atoms with E-state index in [2.05, 4.69) is 15.2 Å². The lowest BCUT2D eigenvalue weighted by atomic mass is 9.73. The Bertz CT molecular complexity index is 912. The Morgan fingerprint density at radius 2 is 1.86 bits per heavy atom. The predicted octanol–water partition coefficient (Wildman–Crippen LogP) is 3.05. The molecule has 2 aromatic rings. The molecular formula is C22H25N3O4. The molecule has 0 radical (unpaired) electrons. The molecule has 4 rings (SSSR count). The van der Waals surface area contributed by atoms with Crippen LogP contribution in [0.25, 0.3) is 0 Å². The molecule has 1 aromatic carbocycles. The lowest BCUT2D eigenvalue weighted by molar-refractivity contribution is -0.000510. The summed E-state index contributed by atoms with van der Waals surface area (Å²) in [6, 6.07) is 8.50. The van der Waals surface area contributed by atoms with Gasteiger partial charge >= 0.3 is 5.97 Å². The van der Waals surface area contributed by atoms with Gasteiger partial charge < -0.3 is 19.7 Å². The lowest BCUT2D eigenvalue weighted by Gasteiger charge is -2.53. The van der Waals surface area contributed by atoms with Crippen LogP contribution >= 0.6 is 0 Å². The largest absolute Gasteiger partial charge is 0.465 e. The van der Waals surface area contributed by atoms with E-state index in [9.17, 15) is 9.59 Å². The van der Waals surface area contributed by atoms with Gasteiger partial charge in [-0.1, -0.05) is 0 Å². The Balaban J connectivity index is 1.50. The van der Waals surface area contributed by atoms with Crippen molar-refractivity contribution in [3.05, 3.63) is 53.2 Å². The predicted molar refractivity (Wildman–Crippen MR) is 109 cm³/mol. The highest BCUT2D eigenvalue weighted by molar-refractivity contribution is 6.08. The monoisotopic (exact) mass is 395 g/mol. The number of esters is 1. The van der Waals surface area contributed by atoms with Crippen LogP contribution in [-0.4, -0.2) is 50.3 Å². The first-order valence-electron chi connectivity index (χ1n) is 9.79. The summed E-state index contributed by atoms with van der Waals surface area (Å²) in [7, 11) is 1.34. The summed E-state index contributed by atoms with van der Waals surface area (Å²) in [4.78, 5) is 31.3. The van der Waals surface area contributed by atoms with Crippen molar-refractivity contribution in [2.24, 2.45) is 5.41 Å². The van der Waals surface area contributed by atoms with Crippen LogP contribution in [0.3, 0.4) is 0 Å². The number of hydrogen-bond donors (Lipinski definition) is 1. The van der Waals surface area contributed by atoms with E-state index in [0.29, 0.717) is 22.2 Å². The number of hydrogen-bond acceptors (Lipinski definition) is 6. The normalized spacial score (nSPS) is 17.5. The minimum absolute atomic E-state index is 0.213. The van der Waals surface area contributed by atoms with Crippen LogP contribution in [0.2, 0.25) is 0 Å². The third-order valence-electron chi connectivity index (χ3n) is 5.72. The second-order valence-electron chi connectivity index (χ2n) is 7.88. The van der Waals surface area contributed by atoms with E-state index in [-0.39, 0.29) is 5.91 Å². The second-order valence-corrected chi connectivity index (χ2v) is 7.88. The second kappa shape index (κ2) is 7.83. The number of benzene rings is 1. The summed E-state index contributed by atoms with van der Waals surface area (Å²) >= 11 is 0. The number of carbonyl (C=O) groups excluding carboxylic acids is 2. The first-order valence-corrected chi connectivity index (χ1v) is 9.79. The highest BCUT2D eigenvalue weighted by Crippen LogP contribution is 2.42. The maximum atomic E-state index is 13.0. The number of methoxy groups -OCH3 is 1. The van der Waals surface area contributed by atoms with E-state index in [0.717, 1.165) is 50.5 Å². The molecule has 2 aliphatic rings. The Kier molecular flexibility index (Phi) is 5.24. The van der Waals surface area contributed by atoms with Gasteiger partial charge in [0.2, 0.25) is 0 Å². The molecule has 2 aliphatic heterocycles. The molecule has 0 unspecified atom stereocenters. The number of nitrogens with zero attached hydrogens (tertiary/aromatic N) is 2. The van der Waals surface area contributed by atoms with Crippen molar-refractivity contribution >= 4 is 23.4 Å². The molecule has 0 atom stereocenters. The molecule has 1 aromatic heterocycles. The third-order valence-corrected chi connectivity index (χ3v) is 5.72. The molecule has 1 N–H and O–H groups in total. The van der Waals surface area contributed by atoms with Crippen molar-refractivity contribution in [2.45, 2.75) is 19.8 Å². The fraction of sp³-hybridized carbons (Fsp3) is 0.409. The third kappa shape index (κ3) is 3.96. The van der Waals surface area contributed by atoms with E-state index in [1.165, 1.54) is 7.11 Å². The van der Waals surface area contributed by atoms with Crippen molar-refractivity contribution in [1.29, 1.82) is 0 Å². The molecule has 0 aliphatic carbocycles. The molecule has 7 nitrogen and oxygen atoms in total. The molecule has 0 saturated carbocycles. The minimum Gasteiger partial charge on any atom is -0.465 e. The summed E-state index contributed by atoms with van der Waals surface area (Å²) in [6.45, 7) is 5.35. The number of aromatic nitrogens is 1. The molecule has 1 amide bonds. The van der Waals surface area contributed by atoms with Crippen molar-refractivity contribution in [3.63, 3.8) is 0 Å². The number of anilines is 2. The Hall–Kier alpha value is -2.93. The van der Waals surface area contributed by atoms with Crippen molar-refractivity contribution in [2.75, 3.05) is 43.6 Å². The van der Waals surface area contributed by atoms with Gasteiger partial charge in [0.25, 0.3) is 5.91 Å². The average molecular weight is 395 g/mol. The first kappa shape index (κ1) is 19.4. The highest BCUT2D eigenvalue weighted by atomic mass is 16.5. The zero-order valence-corrected chi connectivity index (χ0v) is 16.7. The Morgan fingerprint density at radius 3 is 2.52 bits per heavy atom. The fourth-order valence-electron chi connectivity index (χ4n) is 4.02. The number of pyridine rings is 1. The summed E-state index contributed by atoms with van der Waals surface area (Å²) < 4.78 is 10.2. The number of rotatable bonds is 4. The molecule has 0 bridgehead atoms. The highest BCUT2D eigenvalue weighted by Gasteiger charge is 2.45. The zero-order valence-electron chi connectivity index (χ0n) is 16.7. The number of carbonyl (C=O) groups is 2. The van der Waals surface area contributed by atoms with Gasteiger partial charge in [-0.25, -0.2) is 9.78 Å². The first-order chi connectivity index (χ1) is 14.0. The van der Waals surface area contributed by atoms with E-state index in [4.69, 9.17) is 9.47 Å². The summed E-state index contributed by atoms with van der Waals surface area (Å²) in [5.41, 5.74) is 2.83. The van der Waals surface area contributed by atoms with Crippen molar-refractivity contribution in [1.82, 2.24) is 4.98 Å². The smallest absolute Gasteiger partial charge is 0.337 e. The van der Waals surface area contributed by atoms with Gasteiger partial charge in [-0.3, -0.25) is 4.79 Å². The number of nitrogens with one attached hydrogen (secondary N) is 1. The van der Waals surface area contributed by atoms with E-state index >= 15 is 0 Å². The number of ether oxygens (including phenoxy) is 2. The van der Waals surface area contributed by atoms with Crippen LogP contribution in [-0.2, 0) is 9.47 Å². The minimum atomic E-state index is -0.409. The molecular weight excluding hydrogens is 370 g/mol. The fourth-order valence-corrected chi connectivity index (χ4v) is 4.02. The summed E-state index contributed by atoms with van der Waals surface area (Å²) in [5.74, 6) is 0.0965. The maximum absolute atomic E-state index is 13.0.